The second-order valence-electron chi connectivity index (χ2n) is 5.10. The molecule has 2 unspecified atom stereocenters. The van der Waals surface area contributed by atoms with Gasteiger partial charge in [0.1, 0.15) is 12.4 Å². The normalized spacial score (nSPS) is 26.6. The quantitative estimate of drug-likeness (QED) is 0.906. The first-order chi connectivity index (χ1) is 9.58. The zero-order chi connectivity index (χ0) is 14.3. The Kier molecular flexibility index (Phi) is 3.17. The van der Waals surface area contributed by atoms with Crippen LogP contribution in [0.5, 0.6) is 0 Å². The maximum Gasteiger partial charge on any atom is 0.335 e. The van der Waals surface area contributed by atoms with Crippen molar-refractivity contribution in [3.8, 4) is 0 Å². The van der Waals surface area contributed by atoms with Gasteiger partial charge in [0, 0.05) is 6.04 Å². The van der Waals surface area contributed by atoms with Gasteiger partial charge in [0.2, 0.25) is 5.91 Å². The molecule has 1 N–H and O–H groups in total. The summed E-state index contributed by atoms with van der Waals surface area (Å²) in [7, 11) is 0. The monoisotopic (exact) mass is 279 g/mol. The Labute approximate surface area is 114 Å². The molecule has 20 heavy (non-hydrogen) atoms. The van der Waals surface area contributed by atoms with E-state index in [-0.39, 0.29) is 18.6 Å². The molecule has 1 saturated heterocycles. The second kappa shape index (κ2) is 4.86. The van der Waals surface area contributed by atoms with Gasteiger partial charge in [0.25, 0.3) is 0 Å². The van der Waals surface area contributed by atoms with E-state index >= 15 is 0 Å². The predicted molar refractivity (Wildman–Crippen MR) is 66.4 cm³/mol. The van der Waals surface area contributed by atoms with Crippen LogP contribution in [0.2, 0.25) is 0 Å². The highest BCUT2D eigenvalue weighted by Crippen LogP contribution is 2.39. The molecule has 2 fully saturated rings. The highest BCUT2D eigenvalue weighted by Gasteiger charge is 2.47. The molecule has 6 heteroatoms. The molecule has 1 aliphatic carbocycles. The number of morpholine rings is 1. The molecule has 1 saturated carbocycles. The van der Waals surface area contributed by atoms with Crippen LogP contribution >= 0.6 is 0 Å². The number of nitrogens with zero attached hydrogens (tertiary/aromatic N) is 1. The molecule has 0 radical (unpaired) electrons. The SMILES string of the molecule is O=C(O)C1OCC(=O)N(C2CC2)C1c1ccc(F)cc1. The number of hydrogen-bond acceptors (Lipinski definition) is 3. The summed E-state index contributed by atoms with van der Waals surface area (Å²) in [5, 5.41) is 9.29. The third-order valence-electron chi connectivity index (χ3n) is 3.66. The lowest BCUT2D eigenvalue weighted by molar-refractivity contribution is -0.174. The fourth-order valence-electron chi connectivity index (χ4n) is 2.61. The molecule has 0 aromatic heterocycles. The molecule has 1 aromatic carbocycles. The summed E-state index contributed by atoms with van der Waals surface area (Å²) in [6.07, 6.45) is 0.629. The van der Waals surface area contributed by atoms with Crippen molar-refractivity contribution < 1.29 is 23.8 Å². The van der Waals surface area contributed by atoms with Crippen molar-refractivity contribution in [1.82, 2.24) is 4.90 Å². The number of carboxylic acids is 1. The Hall–Kier alpha value is -1.95. The van der Waals surface area contributed by atoms with E-state index in [1.54, 1.807) is 4.90 Å². The topological polar surface area (TPSA) is 66.8 Å². The van der Waals surface area contributed by atoms with Crippen LogP contribution in [0, 0.1) is 5.82 Å². The summed E-state index contributed by atoms with van der Waals surface area (Å²) in [5.41, 5.74) is 0.582. The summed E-state index contributed by atoms with van der Waals surface area (Å²) >= 11 is 0. The van der Waals surface area contributed by atoms with Gasteiger partial charge in [-0.15, -0.1) is 0 Å². The van der Waals surface area contributed by atoms with Gasteiger partial charge in [-0.2, -0.15) is 0 Å². The van der Waals surface area contributed by atoms with E-state index in [2.05, 4.69) is 0 Å². The minimum absolute atomic E-state index is 0.0725. The number of aliphatic carboxylic acids is 1. The number of halogens is 1. The lowest BCUT2D eigenvalue weighted by Crippen LogP contribution is -2.52. The average molecular weight is 279 g/mol. The van der Waals surface area contributed by atoms with E-state index in [0.717, 1.165) is 12.8 Å². The first kappa shape index (κ1) is 13.1. The highest BCUT2D eigenvalue weighted by atomic mass is 19.1. The molecule has 5 nitrogen and oxygen atoms in total. The maximum atomic E-state index is 13.0. The van der Waals surface area contributed by atoms with Gasteiger partial charge < -0.3 is 14.7 Å². The van der Waals surface area contributed by atoms with Crippen molar-refractivity contribution in [3.63, 3.8) is 0 Å². The number of carbonyl (C=O) groups is 2. The molecule has 1 amide bonds. The van der Waals surface area contributed by atoms with Gasteiger partial charge in [-0.1, -0.05) is 12.1 Å². The third-order valence-corrected chi connectivity index (χ3v) is 3.66. The zero-order valence-electron chi connectivity index (χ0n) is 10.7. The van der Waals surface area contributed by atoms with Crippen LogP contribution in [-0.4, -0.2) is 40.6 Å². The maximum absolute atomic E-state index is 13.0. The third kappa shape index (κ3) is 2.27. The van der Waals surface area contributed by atoms with Crippen molar-refractivity contribution >= 4 is 11.9 Å². The van der Waals surface area contributed by atoms with E-state index in [9.17, 15) is 19.1 Å². The van der Waals surface area contributed by atoms with Crippen LogP contribution in [0.4, 0.5) is 4.39 Å². The Bertz CT molecular complexity index is 541. The molecular weight excluding hydrogens is 265 g/mol. The van der Waals surface area contributed by atoms with Crippen LogP contribution in [0.25, 0.3) is 0 Å². The van der Waals surface area contributed by atoms with Gasteiger partial charge in [0.15, 0.2) is 6.10 Å². The van der Waals surface area contributed by atoms with E-state index in [1.165, 1.54) is 24.3 Å². The van der Waals surface area contributed by atoms with Crippen LogP contribution in [0.3, 0.4) is 0 Å². The van der Waals surface area contributed by atoms with E-state index < -0.39 is 23.9 Å². The summed E-state index contributed by atoms with van der Waals surface area (Å²) in [6, 6.07) is 4.92. The van der Waals surface area contributed by atoms with Gasteiger partial charge in [-0.05, 0) is 30.5 Å². The Morgan fingerprint density at radius 1 is 1.30 bits per heavy atom. The fourth-order valence-corrected chi connectivity index (χ4v) is 2.61. The lowest BCUT2D eigenvalue weighted by atomic mass is 9.97. The number of rotatable bonds is 3. The van der Waals surface area contributed by atoms with Crippen molar-refractivity contribution in [1.29, 1.82) is 0 Å². The van der Waals surface area contributed by atoms with Crippen LogP contribution < -0.4 is 0 Å². The van der Waals surface area contributed by atoms with Crippen molar-refractivity contribution in [2.45, 2.75) is 31.0 Å². The molecule has 0 spiro atoms. The van der Waals surface area contributed by atoms with Crippen molar-refractivity contribution in [3.05, 3.63) is 35.6 Å². The van der Waals surface area contributed by atoms with Gasteiger partial charge >= 0.3 is 5.97 Å². The van der Waals surface area contributed by atoms with Gasteiger partial charge in [-0.25, -0.2) is 9.18 Å². The molecular formula is C14H14FNO4. The molecule has 1 aromatic rings. The molecule has 3 rings (SSSR count). The summed E-state index contributed by atoms with van der Waals surface area (Å²) in [6.45, 7) is -0.217. The summed E-state index contributed by atoms with van der Waals surface area (Å²) in [5.74, 6) is -1.72. The number of hydrogen-bond donors (Lipinski definition) is 1. The van der Waals surface area contributed by atoms with Crippen molar-refractivity contribution in [2.24, 2.45) is 0 Å². The number of carbonyl (C=O) groups excluding carboxylic acids is 1. The van der Waals surface area contributed by atoms with Gasteiger partial charge in [-0.3, -0.25) is 4.79 Å². The molecule has 2 aliphatic rings. The second-order valence-corrected chi connectivity index (χ2v) is 5.10. The minimum atomic E-state index is -1.11. The minimum Gasteiger partial charge on any atom is -0.479 e. The van der Waals surface area contributed by atoms with Gasteiger partial charge in [0.05, 0.1) is 6.04 Å². The number of amides is 1. The lowest BCUT2D eigenvalue weighted by Gasteiger charge is -2.39. The summed E-state index contributed by atoms with van der Waals surface area (Å²) < 4.78 is 18.2. The number of carboxylic acid groups (broad SMARTS) is 1. The zero-order valence-corrected chi connectivity index (χ0v) is 10.7. The standard InChI is InChI=1S/C14H14FNO4/c15-9-3-1-8(2-4-9)12-13(14(18)19)20-7-11(17)16(12)10-5-6-10/h1-4,10,12-13H,5-7H2,(H,18,19). The number of benzene rings is 1. The van der Waals surface area contributed by atoms with Crippen LogP contribution in [0.15, 0.2) is 24.3 Å². The van der Waals surface area contributed by atoms with E-state index in [4.69, 9.17) is 4.74 Å². The molecule has 1 heterocycles. The first-order valence-corrected chi connectivity index (χ1v) is 6.49. The predicted octanol–water partition coefficient (Wildman–Crippen LogP) is 1.34. The van der Waals surface area contributed by atoms with Crippen LogP contribution in [0.1, 0.15) is 24.4 Å². The molecule has 2 atom stereocenters. The Morgan fingerprint density at radius 3 is 2.50 bits per heavy atom. The molecule has 1 aliphatic heterocycles. The molecule has 0 bridgehead atoms. The van der Waals surface area contributed by atoms with Crippen LogP contribution in [-0.2, 0) is 14.3 Å². The Morgan fingerprint density at radius 2 is 1.95 bits per heavy atom. The summed E-state index contributed by atoms with van der Waals surface area (Å²) in [4.78, 5) is 25.0. The van der Waals surface area contributed by atoms with E-state index in [0.29, 0.717) is 5.56 Å². The largest absolute Gasteiger partial charge is 0.479 e. The fraction of sp³-hybridized carbons (Fsp3) is 0.429. The van der Waals surface area contributed by atoms with E-state index in [1.807, 2.05) is 0 Å². The average Bonchev–Trinajstić information content (AvgIpc) is 3.23. The highest BCUT2D eigenvalue weighted by molar-refractivity contribution is 5.83. The van der Waals surface area contributed by atoms with Crippen molar-refractivity contribution in [2.75, 3.05) is 6.61 Å². The smallest absolute Gasteiger partial charge is 0.335 e. The first-order valence-electron chi connectivity index (χ1n) is 6.49. The molecule has 106 valence electrons. The number of ether oxygens (including phenoxy) is 1. The Balaban J connectivity index is 2.00.